The minimum atomic E-state index is -0.0369. The highest BCUT2D eigenvalue weighted by atomic mass is 35.5. The molecule has 2 aromatic rings. The van der Waals surface area contributed by atoms with Crippen molar-refractivity contribution >= 4 is 23.2 Å². The number of aromatic hydroxyl groups is 1. The van der Waals surface area contributed by atoms with Crippen LogP contribution in [-0.4, -0.2) is 5.11 Å². The number of hydrogen-bond acceptors (Lipinski definition) is 2. The van der Waals surface area contributed by atoms with Crippen LogP contribution in [-0.2, 0) is 0 Å². The second kappa shape index (κ2) is 4.67. The number of nitriles is 1. The van der Waals surface area contributed by atoms with Gasteiger partial charge in [-0.1, -0.05) is 53.5 Å². The van der Waals surface area contributed by atoms with Crippen molar-refractivity contribution in [1.82, 2.24) is 0 Å². The maximum atomic E-state index is 9.87. The van der Waals surface area contributed by atoms with E-state index in [1.54, 1.807) is 12.1 Å². The molecular formula is C13H7Cl2NO. The van der Waals surface area contributed by atoms with E-state index in [9.17, 15) is 5.11 Å². The van der Waals surface area contributed by atoms with E-state index in [-0.39, 0.29) is 21.4 Å². The van der Waals surface area contributed by atoms with Gasteiger partial charge in [0.2, 0.25) is 0 Å². The summed E-state index contributed by atoms with van der Waals surface area (Å²) in [4.78, 5) is 0. The number of phenolic OH excluding ortho intramolecular Hbond substituents is 1. The molecule has 17 heavy (non-hydrogen) atoms. The van der Waals surface area contributed by atoms with Gasteiger partial charge in [0, 0.05) is 11.6 Å². The SMILES string of the molecule is N#Cc1c(Cl)cc(O)c(-c2ccccc2)c1Cl. The molecule has 0 aliphatic carbocycles. The van der Waals surface area contributed by atoms with Gasteiger partial charge in [0.1, 0.15) is 11.8 Å². The average molecular weight is 264 g/mol. The number of hydrogen-bond donors (Lipinski definition) is 1. The van der Waals surface area contributed by atoms with E-state index in [1.807, 2.05) is 24.3 Å². The van der Waals surface area contributed by atoms with Gasteiger partial charge in [-0.15, -0.1) is 0 Å². The minimum absolute atomic E-state index is 0.0369. The second-order valence-corrected chi connectivity index (χ2v) is 4.20. The predicted molar refractivity (Wildman–Crippen MR) is 68.3 cm³/mol. The average Bonchev–Trinajstić information content (AvgIpc) is 2.30. The lowest BCUT2D eigenvalue weighted by atomic mass is 10.0. The van der Waals surface area contributed by atoms with Crippen LogP contribution in [0, 0.1) is 11.3 Å². The molecule has 2 nitrogen and oxygen atoms in total. The monoisotopic (exact) mass is 263 g/mol. The Bertz CT molecular complexity index is 603. The normalized spacial score (nSPS) is 9.94. The van der Waals surface area contributed by atoms with Gasteiger partial charge in [-0.05, 0) is 5.56 Å². The molecule has 2 rings (SSSR count). The summed E-state index contributed by atoms with van der Waals surface area (Å²) >= 11 is 11.9. The number of phenols is 1. The van der Waals surface area contributed by atoms with Crippen molar-refractivity contribution in [3.05, 3.63) is 52.0 Å². The van der Waals surface area contributed by atoms with Crippen LogP contribution >= 0.6 is 23.2 Å². The molecule has 0 radical (unpaired) electrons. The molecule has 0 aliphatic heterocycles. The summed E-state index contributed by atoms with van der Waals surface area (Å²) in [6, 6.07) is 12.4. The Hall–Kier alpha value is -1.69. The van der Waals surface area contributed by atoms with Crippen LogP contribution in [0.3, 0.4) is 0 Å². The van der Waals surface area contributed by atoms with Gasteiger partial charge in [0.25, 0.3) is 0 Å². The molecule has 0 atom stereocenters. The number of rotatable bonds is 1. The Morgan fingerprint density at radius 2 is 1.76 bits per heavy atom. The van der Waals surface area contributed by atoms with E-state index in [4.69, 9.17) is 28.5 Å². The van der Waals surface area contributed by atoms with Crippen molar-refractivity contribution in [1.29, 1.82) is 5.26 Å². The highest BCUT2D eigenvalue weighted by Crippen LogP contribution is 2.41. The van der Waals surface area contributed by atoms with Gasteiger partial charge in [0.15, 0.2) is 0 Å². The third-order valence-electron chi connectivity index (χ3n) is 2.37. The van der Waals surface area contributed by atoms with Gasteiger partial charge in [-0.2, -0.15) is 5.26 Å². The van der Waals surface area contributed by atoms with Gasteiger partial charge >= 0.3 is 0 Å². The number of halogens is 2. The smallest absolute Gasteiger partial charge is 0.126 e. The topological polar surface area (TPSA) is 44.0 Å². The van der Waals surface area contributed by atoms with E-state index in [0.717, 1.165) is 5.56 Å². The molecule has 0 aliphatic rings. The molecule has 0 aromatic heterocycles. The van der Waals surface area contributed by atoms with Crippen LogP contribution in [0.5, 0.6) is 5.75 Å². The molecule has 0 heterocycles. The van der Waals surface area contributed by atoms with Gasteiger partial charge in [-0.25, -0.2) is 0 Å². The number of benzene rings is 2. The fraction of sp³-hybridized carbons (Fsp3) is 0. The first-order chi connectivity index (χ1) is 8.15. The maximum Gasteiger partial charge on any atom is 0.126 e. The Morgan fingerprint density at radius 1 is 1.12 bits per heavy atom. The van der Waals surface area contributed by atoms with Crippen LogP contribution in [0.1, 0.15) is 5.56 Å². The van der Waals surface area contributed by atoms with Crippen molar-refractivity contribution in [3.8, 4) is 22.9 Å². The third kappa shape index (κ3) is 2.08. The summed E-state index contributed by atoms with van der Waals surface area (Å²) in [5.41, 5.74) is 1.33. The molecule has 4 heteroatoms. The number of nitrogens with zero attached hydrogens (tertiary/aromatic N) is 1. The molecule has 0 fully saturated rings. The van der Waals surface area contributed by atoms with Crippen LogP contribution in [0.4, 0.5) is 0 Å². The zero-order valence-corrected chi connectivity index (χ0v) is 10.1. The van der Waals surface area contributed by atoms with Crippen molar-refractivity contribution < 1.29 is 5.11 Å². The molecular weight excluding hydrogens is 257 g/mol. The fourth-order valence-electron chi connectivity index (χ4n) is 1.59. The summed E-state index contributed by atoms with van der Waals surface area (Å²) in [5.74, 6) is -0.0369. The molecule has 0 saturated heterocycles. The molecule has 0 amide bonds. The van der Waals surface area contributed by atoms with E-state index in [0.29, 0.717) is 5.56 Å². The van der Waals surface area contributed by atoms with Crippen LogP contribution in [0.25, 0.3) is 11.1 Å². The van der Waals surface area contributed by atoms with E-state index < -0.39 is 0 Å². The summed E-state index contributed by atoms with van der Waals surface area (Å²) in [5, 5.41) is 19.1. The molecule has 0 saturated carbocycles. The standard InChI is InChI=1S/C13H7Cl2NO/c14-10-6-11(17)12(13(15)9(10)7-16)8-4-2-1-3-5-8/h1-6,17H. The Balaban J connectivity index is 2.76. The van der Waals surface area contributed by atoms with Crippen molar-refractivity contribution in [3.63, 3.8) is 0 Å². The maximum absolute atomic E-state index is 9.87. The van der Waals surface area contributed by atoms with Crippen molar-refractivity contribution in [2.45, 2.75) is 0 Å². The van der Waals surface area contributed by atoms with Gasteiger partial charge in [-0.3, -0.25) is 0 Å². The summed E-state index contributed by atoms with van der Waals surface area (Å²) < 4.78 is 0. The molecule has 0 spiro atoms. The Labute approximate surface area is 109 Å². The highest BCUT2D eigenvalue weighted by Gasteiger charge is 2.16. The largest absolute Gasteiger partial charge is 0.507 e. The van der Waals surface area contributed by atoms with E-state index in [1.165, 1.54) is 6.07 Å². The van der Waals surface area contributed by atoms with Crippen LogP contribution in [0.15, 0.2) is 36.4 Å². The Kier molecular flexibility index (Phi) is 3.23. The second-order valence-electron chi connectivity index (χ2n) is 3.42. The quantitative estimate of drug-likeness (QED) is 0.837. The predicted octanol–water partition coefficient (Wildman–Crippen LogP) is 4.24. The zero-order valence-electron chi connectivity index (χ0n) is 8.61. The van der Waals surface area contributed by atoms with E-state index >= 15 is 0 Å². The summed E-state index contributed by atoms with van der Waals surface area (Å²) in [7, 11) is 0. The van der Waals surface area contributed by atoms with Crippen LogP contribution < -0.4 is 0 Å². The summed E-state index contributed by atoms with van der Waals surface area (Å²) in [6.45, 7) is 0. The van der Waals surface area contributed by atoms with Gasteiger partial charge in [0.05, 0.1) is 15.6 Å². The van der Waals surface area contributed by atoms with Crippen molar-refractivity contribution in [2.24, 2.45) is 0 Å². The molecule has 2 aromatic carbocycles. The summed E-state index contributed by atoms with van der Waals surface area (Å²) in [6.07, 6.45) is 0. The fourth-order valence-corrected chi connectivity index (χ4v) is 2.23. The van der Waals surface area contributed by atoms with Gasteiger partial charge < -0.3 is 5.11 Å². The first kappa shape index (κ1) is 11.8. The lowest BCUT2D eigenvalue weighted by molar-refractivity contribution is 0.477. The highest BCUT2D eigenvalue weighted by molar-refractivity contribution is 6.38. The first-order valence-electron chi connectivity index (χ1n) is 4.81. The first-order valence-corrected chi connectivity index (χ1v) is 5.57. The lowest BCUT2D eigenvalue weighted by Gasteiger charge is -2.09. The molecule has 84 valence electrons. The van der Waals surface area contributed by atoms with E-state index in [2.05, 4.69) is 0 Å². The molecule has 0 bridgehead atoms. The van der Waals surface area contributed by atoms with Crippen molar-refractivity contribution in [2.75, 3.05) is 0 Å². The third-order valence-corrected chi connectivity index (χ3v) is 3.05. The lowest BCUT2D eigenvalue weighted by Crippen LogP contribution is -1.87. The minimum Gasteiger partial charge on any atom is -0.507 e. The zero-order chi connectivity index (χ0) is 12.4. The Morgan fingerprint density at radius 3 is 2.35 bits per heavy atom. The molecule has 1 N–H and O–H groups in total. The van der Waals surface area contributed by atoms with Crippen LogP contribution in [0.2, 0.25) is 10.0 Å². The molecule has 0 unspecified atom stereocenters.